The molecule has 0 aliphatic rings. The van der Waals surface area contributed by atoms with Crippen LogP contribution in [0.3, 0.4) is 0 Å². The van der Waals surface area contributed by atoms with Gasteiger partial charge in [0.2, 0.25) is 0 Å². The average molecular weight is 361 g/mol. The van der Waals surface area contributed by atoms with Gasteiger partial charge in [-0.2, -0.15) is 0 Å². The summed E-state index contributed by atoms with van der Waals surface area (Å²) in [5.74, 6) is 2.08. The molecule has 1 aromatic carbocycles. The minimum atomic E-state index is 0.570. The fourth-order valence-corrected chi connectivity index (χ4v) is 3.04. The summed E-state index contributed by atoms with van der Waals surface area (Å²) in [6, 6.07) is 11.6. The van der Waals surface area contributed by atoms with E-state index in [1.807, 2.05) is 69.3 Å². The van der Waals surface area contributed by atoms with Crippen molar-refractivity contribution in [3.8, 4) is 34.3 Å². The molecule has 0 spiro atoms. The van der Waals surface area contributed by atoms with Crippen molar-refractivity contribution >= 4 is 12.2 Å². The predicted octanol–water partition coefficient (Wildman–Crippen LogP) is 3.13. The predicted molar refractivity (Wildman–Crippen MR) is 108 cm³/mol. The van der Waals surface area contributed by atoms with Crippen molar-refractivity contribution in [1.29, 1.82) is 0 Å². The Kier molecular flexibility index (Phi) is 5.50. The highest BCUT2D eigenvalue weighted by Gasteiger charge is 2.14. The van der Waals surface area contributed by atoms with Crippen LogP contribution in [0.2, 0.25) is 0 Å². The number of aryl methyl sites for hydroxylation is 1. The summed E-state index contributed by atoms with van der Waals surface area (Å²) in [4.78, 5) is 14.2. The highest BCUT2D eigenvalue weighted by Crippen LogP contribution is 2.27. The Balaban J connectivity index is 2.32. The number of benzene rings is 1. The normalized spacial score (nSPS) is 12.3. The molecule has 0 N–H and O–H groups in total. The molecule has 0 fully saturated rings. The van der Waals surface area contributed by atoms with Crippen LogP contribution in [0.25, 0.3) is 34.9 Å². The Labute approximate surface area is 159 Å². The molecule has 5 nitrogen and oxygen atoms in total. The third-order valence-corrected chi connectivity index (χ3v) is 4.39. The summed E-state index contributed by atoms with van der Waals surface area (Å²) in [5.41, 5.74) is 3.24. The van der Waals surface area contributed by atoms with E-state index in [4.69, 9.17) is 19.4 Å². The Morgan fingerprint density at radius 3 is 2.19 bits per heavy atom. The van der Waals surface area contributed by atoms with Crippen LogP contribution >= 0.6 is 0 Å². The van der Waals surface area contributed by atoms with Gasteiger partial charge in [-0.1, -0.05) is 24.3 Å². The van der Waals surface area contributed by atoms with Gasteiger partial charge in [-0.05, 0) is 45.0 Å². The number of nitrogens with zero attached hydrogens (tertiary/aromatic N) is 3. The SMILES string of the molecule is C/C=c1/c(-c2ccccc2OC)nc(-c2ccc(OC)c(C)n2)n/c1=C/C. The van der Waals surface area contributed by atoms with E-state index < -0.39 is 0 Å². The molecule has 2 aromatic heterocycles. The fourth-order valence-electron chi connectivity index (χ4n) is 3.04. The van der Waals surface area contributed by atoms with Gasteiger partial charge in [0.05, 0.1) is 31.0 Å². The number of ether oxygens (including phenoxy) is 2. The zero-order valence-corrected chi connectivity index (χ0v) is 16.3. The smallest absolute Gasteiger partial charge is 0.179 e. The van der Waals surface area contributed by atoms with Crippen molar-refractivity contribution in [1.82, 2.24) is 15.0 Å². The largest absolute Gasteiger partial charge is 0.496 e. The molecule has 3 aromatic rings. The van der Waals surface area contributed by atoms with Crippen LogP contribution in [0, 0.1) is 6.92 Å². The van der Waals surface area contributed by atoms with Crippen molar-refractivity contribution in [2.45, 2.75) is 20.8 Å². The Morgan fingerprint density at radius 2 is 1.56 bits per heavy atom. The number of para-hydroxylation sites is 1. The van der Waals surface area contributed by atoms with Crippen LogP contribution in [-0.4, -0.2) is 29.2 Å². The molecule has 3 rings (SSSR count). The molecule has 0 aliphatic heterocycles. The minimum absolute atomic E-state index is 0.570. The monoisotopic (exact) mass is 361 g/mol. The second-order valence-electron chi connectivity index (χ2n) is 5.96. The van der Waals surface area contributed by atoms with E-state index >= 15 is 0 Å². The van der Waals surface area contributed by atoms with Crippen molar-refractivity contribution in [2.75, 3.05) is 14.2 Å². The summed E-state index contributed by atoms with van der Waals surface area (Å²) in [6.45, 7) is 5.86. The first-order valence-corrected chi connectivity index (χ1v) is 8.79. The molecule has 0 bridgehead atoms. The van der Waals surface area contributed by atoms with E-state index in [1.165, 1.54) is 0 Å². The molecule has 0 saturated carbocycles. The molecule has 5 heteroatoms. The van der Waals surface area contributed by atoms with Crippen molar-refractivity contribution in [3.63, 3.8) is 0 Å². The Bertz CT molecular complexity index is 1090. The van der Waals surface area contributed by atoms with Crippen LogP contribution in [0.4, 0.5) is 0 Å². The number of rotatable bonds is 4. The minimum Gasteiger partial charge on any atom is -0.496 e. The molecule has 0 saturated heterocycles. The summed E-state index contributed by atoms with van der Waals surface area (Å²) in [5, 5.41) is 1.83. The van der Waals surface area contributed by atoms with E-state index in [0.29, 0.717) is 11.5 Å². The molecule has 2 heterocycles. The maximum absolute atomic E-state index is 5.55. The first kappa shape index (κ1) is 18.6. The fraction of sp³-hybridized carbons (Fsp3) is 0.227. The molecule has 0 amide bonds. The molecule has 0 radical (unpaired) electrons. The highest BCUT2D eigenvalue weighted by atomic mass is 16.5. The average Bonchev–Trinajstić information content (AvgIpc) is 2.72. The zero-order chi connectivity index (χ0) is 19.4. The highest BCUT2D eigenvalue weighted by molar-refractivity contribution is 5.70. The summed E-state index contributed by atoms with van der Waals surface area (Å²) in [7, 11) is 3.30. The number of methoxy groups -OCH3 is 2. The van der Waals surface area contributed by atoms with Gasteiger partial charge in [0.1, 0.15) is 17.2 Å². The van der Waals surface area contributed by atoms with E-state index in [0.717, 1.165) is 39.0 Å². The number of hydrogen-bond donors (Lipinski definition) is 0. The third kappa shape index (κ3) is 3.53. The number of hydrogen-bond acceptors (Lipinski definition) is 5. The van der Waals surface area contributed by atoms with Crippen LogP contribution < -0.4 is 20.0 Å². The van der Waals surface area contributed by atoms with E-state index in [-0.39, 0.29) is 0 Å². The molecule has 0 unspecified atom stereocenters. The van der Waals surface area contributed by atoms with Crippen LogP contribution in [0.5, 0.6) is 11.5 Å². The molecule has 27 heavy (non-hydrogen) atoms. The molecule has 0 aliphatic carbocycles. The van der Waals surface area contributed by atoms with E-state index in [2.05, 4.69) is 4.98 Å². The lowest BCUT2D eigenvalue weighted by atomic mass is 10.1. The lowest BCUT2D eigenvalue weighted by Gasteiger charge is -2.11. The van der Waals surface area contributed by atoms with Gasteiger partial charge in [0.25, 0.3) is 0 Å². The van der Waals surface area contributed by atoms with Crippen molar-refractivity contribution in [2.24, 2.45) is 0 Å². The van der Waals surface area contributed by atoms with Gasteiger partial charge in [-0.3, -0.25) is 0 Å². The first-order valence-electron chi connectivity index (χ1n) is 8.79. The number of pyridine rings is 1. The lowest BCUT2D eigenvalue weighted by Crippen LogP contribution is -2.32. The van der Waals surface area contributed by atoms with Gasteiger partial charge in [0.15, 0.2) is 5.82 Å². The maximum atomic E-state index is 5.55. The van der Waals surface area contributed by atoms with Crippen molar-refractivity contribution in [3.05, 3.63) is 52.7 Å². The van der Waals surface area contributed by atoms with Crippen LogP contribution in [0.1, 0.15) is 19.5 Å². The zero-order valence-electron chi connectivity index (χ0n) is 16.3. The Morgan fingerprint density at radius 1 is 0.815 bits per heavy atom. The van der Waals surface area contributed by atoms with Gasteiger partial charge in [-0.15, -0.1) is 0 Å². The van der Waals surface area contributed by atoms with Gasteiger partial charge in [-0.25, -0.2) is 15.0 Å². The van der Waals surface area contributed by atoms with Gasteiger partial charge >= 0.3 is 0 Å². The topological polar surface area (TPSA) is 57.1 Å². The van der Waals surface area contributed by atoms with Crippen LogP contribution in [0.15, 0.2) is 36.4 Å². The van der Waals surface area contributed by atoms with E-state index in [9.17, 15) is 0 Å². The van der Waals surface area contributed by atoms with E-state index in [1.54, 1.807) is 14.2 Å². The maximum Gasteiger partial charge on any atom is 0.179 e. The molecule has 0 atom stereocenters. The standard InChI is InChI=1S/C22H23N3O2/c1-6-15-17(7-2)24-22(18-12-13-19(26-4)14(3)23-18)25-21(15)16-10-8-9-11-20(16)27-5/h6-13H,1-5H3/b15-6+,17-7+. The van der Waals surface area contributed by atoms with Gasteiger partial charge in [0, 0.05) is 10.8 Å². The van der Waals surface area contributed by atoms with Gasteiger partial charge < -0.3 is 9.47 Å². The second kappa shape index (κ2) is 7.99. The molecular weight excluding hydrogens is 338 g/mol. The van der Waals surface area contributed by atoms with Crippen LogP contribution in [-0.2, 0) is 0 Å². The Hall–Kier alpha value is -3.21. The summed E-state index contributed by atoms with van der Waals surface area (Å²) >= 11 is 0. The summed E-state index contributed by atoms with van der Waals surface area (Å²) < 4.78 is 10.9. The first-order chi connectivity index (χ1) is 13.1. The number of aromatic nitrogens is 3. The second-order valence-corrected chi connectivity index (χ2v) is 5.96. The summed E-state index contributed by atoms with van der Waals surface area (Å²) in [6.07, 6.45) is 4.00. The lowest BCUT2D eigenvalue weighted by molar-refractivity contribution is 0.409. The molecular formula is C22H23N3O2. The quantitative estimate of drug-likeness (QED) is 0.715. The third-order valence-electron chi connectivity index (χ3n) is 4.39. The molecule has 138 valence electrons. The van der Waals surface area contributed by atoms with Crippen molar-refractivity contribution < 1.29 is 9.47 Å².